The first-order chi connectivity index (χ1) is 24.3. The van der Waals surface area contributed by atoms with E-state index in [-0.39, 0.29) is 21.3 Å². The van der Waals surface area contributed by atoms with E-state index in [0.29, 0.717) is 34.2 Å². The first-order valence-electron chi connectivity index (χ1n) is 14.4. The Balaban J connectivity index is 0.000000201. The van der Waals surface area contributed by atoms with Gasteiger partial charge in [-0.05, 0) is 72.8 Å². The van der Waals surface area contributed by atoms with E-state index >= 15 is 0 Å². The average molecular weight is 767 g/mol. The maximum atomic E-state index is 12.2. The van der Waals surface area contributed by atoms with Crippen molar-refractivity contribution in [3.63, 3.8) is 0 Å². The second kappa shape index (κ2) is 14.5. The zero-order chi connectivity index (χ0) is 37.9. The summed E-state index contributed by atoms with van der Waals surface area (Å²) in [6.07, 6.45) is 1.09. The number of imidazole rings is 2. The van der Waals surface area contributed by atoms with Gasteiger partial charge in [0.15, 0.2) is 19.7 Å². The summed E-state index contributed by atoms with van der Waals surface area (Å²) >= 11 is 0. The number of aromatic nitrogens is 6. The molecule has 0 spiro atoms. The fourth-order valence-corrected chi connectivity index (χ4v) is 5.62. The minimum absolute atomic E-state index is 0.0802. The Morgan fingerprint density at radius 1 is 0.519 bits per heavy atom. The van der Waals surface area contributed by atoms with Gasteiger partial charge in [-0.1, -0.05) is 0 Å². The number of alkyl halides is 6. The van der Waals surface area contributed by atoms with E-state index in [1.807, 2.05) is 0 Å². The number of hydrogen-bond donors (Lipinski definition) is 0. The highest BCUT2D eigenvalue weighted by atomic mass is 32.2. The topological polar surface area (TPSA) is 148 Å². The van der Waals surface area contributed by atoms with Crippen molar-refractivity contribution in [3.05, 3.63) is 110 Å². The van der Waals surface area contributed by atoms with Crippen LogP contribution in [0, 0.1) is 0 Å². The van der Waals surface area contributed by atoms with Crippen molar-refractivity contribution in [1.82, 2.24) is 29.1 Å². The van der Waals surface area contributed by atoms with Crippen molar-refractivity contribution in [2.75, 3.05) is 12.5 Å². The molecular weight excluding hydrogens is 743 g/mol. The molecule has 52 heavy (non-hydrogen) atoms. The minimum Gasteiger partial charge on any atom is -0.406 e. The normalized spacial score (nSPS) is 12.2. The Hall–Kier alpha value is -5.76. The van der Waals surface area contributed by atoms with Gasteiger partial charge >= 0.3 is 12.7 Å². The summed E-state index contributed by atoms with van der Waals surface area (Å²) in [4.78, 5) is 16.4. The van der Waals surface area contributed by atoms with E-state index in [0.717, 1.165) is 12.5 Å². The maximum Gasteiger partial charge on any atom is 0.573 e. The third-order valence-corrected chi connectivity index (χ3v) is 9.03. The van der Waals surface area contributed by atoms with Crippen LogP contribution in [0.1, 0.15) is 0 Å². The Labute approximate surface area is 291 Å². The van der Waals surface area contributed by atoms with Gasteiger partial charge in [0.1, 0.15) is 35.8 Å². The first kappa shape index (κ1) is 37.5. The monoisotopic (exact) mass is 766 g/mol. The van der Waals surface area contributed by atoms with Crippen molar-refractivity contribution in [2.45, 2.75) is 22.5 Å². The quantitative estimate of drug-likeness (QED) is 0.158. The summed E-state index contributed by atoms with van der Waals surface area (Å²) in [6, 6.07) is 16.5. The molecule has 2 aromatic carbocycles. The van der Waals surface area contributed by atoms with Crippen LogP contribution >= 0.6 is 0 Å². The van der Waals surface area contributed by atoms with Crippen molar-refractivity contribution < 1.29 is 52.7 Å². The highest BCUT2D eigenvalue weighted by Crippen LogP contribution is 2.29. The van der Waals surface area contributed by atoms with Crippen LogP contribution < -0.4 is 9.47 Å². The second-order valence-corrected chi connectivity index (χ2v) is 14.7. The fourth-order valence-electron chi connectivity index (χ4n) is 4.51. The molecule has 0 amide bonds. The third-order valence-electron chi connectivity index (χ3n) is 6.84. The second-order valence-electron chi connectivity index (χ2n) is 10.7. The highest BCUT2D eigenvalue weighted by Gasteiger charge is 2.31. The maximum absolute atomic E-state index is 12.2. The lowest BCUT2D eigenvalue weighted by Crippen LogP contribution is -2.17. The molecular formula is C32H24F6N6O6S2. The minimum atomic E-state index is -4.76. The van der Waals surface area contributed by atoms with Crippen LogP contribution in [0.3, 0.4) is 0 Å². The summed E-state index contributed by atoms with van der Waals surface area (Å²) in [5.41, 5.74) is 2.32. The van der Waals surface area contributed by atoms with E-state index < -0.39 is 32.4 Å². The van der Waals surface area contributed by atoms with Gasteiger partial charge in [0.05, 0.1) is 33.6 Å². The summed E-state index contributed by atoms with van der Waals surface area (Å²) in [6.45, 7) is 0. The van der Waals surface area contributed by atoms with E-state index in [1.165, 1.54) is 110 Å². The van der Waals surface area contributed by atoms with Crippen molar-refractivity contribution in [2.24, 2.45) is 0 Å². The SMILES string of the molecule is CS(=O)(=O)c1ccc(-n2cncc2-c2ccc(OC(F)(F)F)cc2)nc1.CS(=O)(=O)c1ccc(-n2cncc2-c2ccc(OC(F)(F)F)cc2)nc1. The number of hydrogen-bond acceptors (Lipinski definition) is 10. The first-order valence-corrected chi connectivity index (χ1v) is 18.2. The molecule has 0 atom stereocenters. The van der Waals surface area contributed by atoms with Gasteiger partial charge < -0.3 is 9.47 Å². The largest absolute Gasteiger partial charge is 0.573 e. The van der Waals surface area contributed by atoms with Crippen molar-refractivity contribution >= 4 is 19.7 Å². The molecule has 0 saturated heterocycles. The molecule has 0 aliphatic rings. The van der Waals surface area contributed by atoms with Crippen LogP contribution in [0.25, 0.3) is 34.2 Å². The number of nitrogens with zero attached hydrogens (tertiary/aromatic N) is 6. The summed E-state index contributed by atoms with van der Waals surface area (Å²) < 4.78 is 130. The van der Waals surface area contributed by atoms with Crippen LogP contribution in [-0.2, 0) is 19.7 Å². The molecule has 0 bridgehead atoms. The lowest BCUT2D eigenvalue weighted by molar-refractivity contribution is -0.275. The number of halogens is 6. The molecule has 0 unspecified atom stereocenters. The lowest BCUT2D eigenvalue weighted by atomic mass is 10.1. The van der Waals surface area contributed by atoms with Gasteiger partial charge in [-0.15, -0.1) is 26.3 Å². The Morgan fingerprint density at radius 3 is 1.13 bits per heavy atom. The molecule has 12 nitrogen and oxygen atoms in total. The lowest BCUT2D eigenvalue weighted by Gasteiger charge is -2.10. The predicted octanol–water partition coefficient (Wildman–Crippen LogP) is 6.47. The molecule has 0 aliphatic heterocycles. The molecule has 6 rings (SSSR count). The van der Waals surface area contributed by atoms with Crippen LogP contribution in [0.4, 0.5) is 26.3 Å². The van der Waals surface area contributed by atoms with Gasteiger partial charge in [-0.25, -0.2) is 36.8 Å². The van der Waals surface area contributed by atoms with Gasteiger partial charge in [0.2, 0.25) is 0 Å². The molecule has 0 saturated carbocycles. The van der Waals surface area contributed by atoms with E-state index in [1.54, 1.807) is 9.13 Å². The zero-order valence-electron chi connectivity index (χ0n) is 26.6. The number of sulfone groups is 2. The van der Waals surface area contributed by atoms with Crippen molar-refractivity contribution in [3.8, 4) is 45.6 Å². The van der Waals surface area contributed by atoms with Crippen LogP contribution in [-0.4, -0.2) is 71.1 Å². The van der Waals surface area contributed by atoms with E-state index in [4.69, 9.17) is 0 Å². The number of benzene rings is 2. The summed E-state index contributed by atoms with van der Waals surface area (Å²) in [5, 5.41) is 0. The Kier molecular flexibility index (Phi) is 10.4. The Morgan fingerprint density at radius 2 is 0.865 bits per heavy atom. The number of ether oxygens (including phenoxy) is 2. The van der Waals surface area contributed by atoms with Crippen molar-refractivity contribution in [1.29, 1.82) is 0 Å². The average Bonchev–Trinajstić information content (AvgIpc) is 3.75. The van der Waals surface area contributed by atoms with Gasteiger partial charge in [-0.3, -0.25) is 9.13 Å². The molecule has 6 aromatic rings. The molecule has 272 valence electrons. The summed E-state index contributed by atoms with van der Waals surface area (Å²) in [5.74, 6) is 0.173. The third kappa shape index (κ3) is 9.72. The molecule has 0 N–H and O–H groups in total. The van der Waals surface area contributed by atoms with E-state index in [9.17, 15) is 43.2 Å². The molecule has 20 heteroatoms. The number of rotatable bonds is 8. The molecule has 0 radical (unpaired) electrons. The van der Waals surface area contributed by atoms with E-state index in [2.05, 4.69) is 29.4 Å². The fraction of sp³-hybridized carbons (Fsp3) is 0.125. The molecule has 0 aliphatic carbocycles. The predicted molar refractivity (Wildman–Crippen MR) is 173 cm³/mol. The zero-order valence-corrected chi connectivity index (χ0v) is 28.2. The summed E-state index contributed by atoms with van der Waals surface area (Å²) in [7, 11) is -6.73. The van der Waals surface area contributed by atoms with Crippen LogP contribution in [0.15, 0.2) is 120 Å². The molecule has 0 fully saturated rings. The Bertz CT molecular complexity index is 2190. The number of pyridine rings is 2. The molecule has 4 heterocycles. The standard InChI is InChI=1S/2C16H12F3N3O3S/c2*1-26(23,24)13-6-7-15(21-8-13)22-10-20-9-14(22)11-2-4-12(5-3-11)25-16(17,18)19/h2*2-10H,1H3. The van der Waals surface area contributed by atoms with Crippen LogP contribution in [0.5, 0.6) is 11.5 Å². The molecule has 4 aromatic heterocycles. The van der Waals surface area contributed by atoms with Gasteiger partial charge in [0, 0.05) is 36.0 Å². The smallest absolute Gasteiger partial charge is 0.406 e. The van der Waals surface area contributed by atoms with Gasteiger partial charge in [-0.2, -0.15) is 0 Å². The van der Waals surface area contributed by atoms with Gasteiger partial charge in [0.25, 0.3) is 0 Å². The van der Waals surface area contributed by atoms with Crippen LogP contribution in [0.2, 0.25) is 0 Å². The highest BCUT2D eigenvalue weighted by molar-refractivity contribution is 7.91.